The van der Waals surface area contributed by atoms with Gasteiger partial charge in [0.2, 0.25) is 0 Å². The van der Waals surface area contributed by atoms with E-state index < -0.39 is 23.5 Å². The number of hydrogen-bond donors (Lipinski definition) is 1. The highest BCUT2D eigenvalue weighted by atomic mass is 79.9. The normalized spacial score (nSPS) is 12.2. The Morgan fingerprint density at radius 1 is 1.50 bits per heavy atom. The molecule has 16 heavy (non-hydrogen) atoms. The molecule has 0 heterocycles. The molecule has 0 radical (unpaired) electrons. The van der Waals surface area contributed by atoms with Crippen molar-refractivity contribution < 1.29 is 19.1 Å². The molecule has 0 saturated heterocycles. The minimum Gasteiger partial charge on any atom is -0.481 e. The molecule has 1 aromatic rings. The van der Waals surface area contributed by atoms with Crippen molar-refractivity contribution in [2.75, 3.05) is 0 Å². The van der Waals surface area contributed by atoms with Gasteiger partial charge >= 0.3 is 5.97 Å². The standard InChI is InChI=1S/C11H10BrFO3/c1-2-7(11(15)16)10(14)8-5-6(12)3-4-9(8)13/h3-5,7H,2H2,1H3,(H,15,16). The van der Waals surface area contributed by atoms with E-state index in [2.05, 4.69) is 15.9 Å². The fourth-order valence-corrected chi connectivity index (χ4v) is 1.71. The van der Waals surface area contributed by atoms with Crippen LogP contribution < -0.4 is 0 Å². The lowest BCUT2D eigenvalue weighted by molar-refractivity contribution is -0.140. The van der Waals surface area contributed by atoms with Gasteiger partial charge in [0.15, 0.2) is 5.78 Å². The quantitative estimate of drug-likeness (QED) is 0.685. The maximum Gasteiger partial charge on any atom is 0.314 e. The molecule has 0 bridgehead atoms. The number of carboxylic acid groups (broad SMARTS) is 1. The summed E-state index contributed by atoms with van der Waals surface area (Å²) in [6.07, 6.45) is 0.139. The Balaban J connectivity index is 3.12. The summed E-state index contributed by atoms with van der Waals surface area (Å²) in [5.74, 6) is -3.82. The molecule has 0 fully saturated rings. The first-order valence-electron chi connectivity index (χ1n) is 4.69. The fourth-order valence-electron chi connectivity index (χ4n) is 1.35. The zero-order chi connectivity index (χ0) is 12.3. The molecule has 1 rings (SSSR count). The van der Waals surface area contributed by atoms with Crippen LogP contribution in [0.1, 0.15) is 23.7 Å². The molecule has 0 spiro atoms. The summed E-state index contributed by atoms with van der Waals surface area (Å²) in [5, 5.41) is 8.81. The Bertz CT molecular complexity index is 431. The molecule has 0 aliphatic rings. The van der Waals surface area contributed by atoms with E-state index in [-0.39, 0.29) is 12.0 Å². The van der Waals surface area contributed by atoms with Crippen molar-refractivity contribution in [2.45, 2.75) is 13.3 Å². The van der Waals surface area contributed by atoms with Crippen molar-refractivity contribution in [1.29, 1.82) is 0 Å². The molecule has 1 aromatic carbocycles. The molecule has 5 heteroatoms. The van der Waals surface area contributed by atoms with Crippen molar-refractivity contribution in [3.63, 3.8) is 0 Å². The lowest BCUT2D eigenvalue weighted by Gasteiger charge is -2.09. The highest BCUT2D eigenvalue weighted by Gasteiger charge is 2.27. The Morgan fingerprint density at radius 2 is 2.12 bits per heavy atom. The fraction of sp³-hybridized carbons (Fsp3) is 0.273. The topological polar surface area (TPSA) is 54.4 Å². The molecule has 1 unspecified atom stereocenters. The predicted molar refractivity (Wildman–Crippen MR) is 59.8 cm³/mol. The third kappa shape index (κ3) is 2.66. The molecular formula is C11H10BrFO3. The minimum absolute atomic E-state index is 0.139. The van der Waals surface area contributed by atoms with Crippen LogP contribution in [0.25, 0.3) is 0 Å². The summed E-state index contributed by atoms with van der Waals surface area (Å²) in [7, 11) is 0. The van der Waals surface area contributed by atoms with Crippen molar-refractivity contribution in [2.24, 2.45) is 5.92 Å². The van der Waals surface area contributed by atoms with Gasteiger partial charge in [0, 0.05) is 4.47 Å². The van der Waals surface area contributed by atoms with Gasteiger partial charge in [-0.15, -0.1) is 0 Å². The van der Waals surface area contributed by atoms with E-state index in [0.717, 1.165) is 6.07 Å². The van der Waals surface area contributed by atoms with Crippen molar-refractivity contribution >= 4 is 27.7 Å². The zero-order valence-corrected chi connectivity index (χ0v) is 10.1. The van der Waals surface area contributed by atoms with Gasteiger partial charge in [-0.1, -0.05) is 22.9 Å². The van der Waals surface area contributed by atoms with Gasteiger partial charge in [-0.2, -0.15) is 0 Å². The minimum atomic E-state index is -1.23. The number of hydrogen-bond acceptors (Lipinski definition) is 2. The number of carbonyl (C=O) groups is 2. The average Bonchev–Trinajstić information content (AvgIpc) is 2.22. The van der Waals surface area contributed by atoms with Crippen LogP contribution in [0, 0.1) is 11.7 Å². The van der Waals surface area contributed by atoms with Crippen molar-refractivity contribution in [1.82, 2.24) is 0 Å². The monoisotopic (exact) mass is 288 g/mol. The van der Waals surface area contributed by atoms with Crippen LogP contribution in [0.2, 0.25) is 0 Å². The van der Waals surface area contributed by atoms with Crippen LogP contribution in [0.4, 0.5) is 4.39 Å². The second kappa shape index (κ2) is 5.21. The van der Waals surface area contributed by atoms with E-state index in [4.69, 9.17) is 5.11 Å². The number of benzene rings is 1. The molecule has 0 aliphatic heterocycles. The predicted octanol–water partition coefficient (Wildman–Crippen LogP) is 2.88. The summed E-state index contributed by atoms with van der Waals surface area (Å²) in [5.41, 5.74) is -0.191. The highest BCUT2D eigenvalue weighted by molar-refractivity contribution is 9.10. The Labute approximate surface area is 100 Å². The molecule has 0 saturated carbocycles. The third-order valence-electron chi connectivity index (χ3n) is 2.22. The molecule has 86 valence electrons. The van der Waals surface area contributed by atoms with Gasteiger partial charge in [0.25, 0.3) is 0 Å². The van der Waals surface area contributed by atoms with Crippen LogP contribution in [0.15, 0.2) is 22.7 Å². The maximum atomic E-state index is 13.3. The smallest absolute Gasteiger partial charge is 0.314 e. The average molecular weight is 289 g/mol. The van der Waals surface area contributed by atoms with Gasteiger partial charge in [-0.3, -0.25) is 9.59 Å². The van der Waals surface area contributed by atoms with Gasteiger partial charge < -0.3 is 5.11 Å². The molecule has 1 N–H and O–H groups in total. The summed E-state index contributed by atoms with van der Waals surface area (Å²) in [6.45, 7) is 1.58. The second-order valence-corrected chi connectivity index (χ2v) is 4.20. The number of Topliss-reactive ketones (excluding diaryl/α,β-unsaturated/α-hetero) is 1. The molecule has 0 aliphatic carbocycles. The molecule has 1 atom stereocenters. The number of aliphatic carboxylic acids is 1. The first kappa shape index (κ1) is 12.8. The Hall–Kier alpha value is -1.23. The van der Waals surface area contributed by atoms with Gasteiger partial charge in [-0.25, -0.2) is 4.39 Å². The third-order valence-corrected chi connectivity index (χ3v) is 2.71. The SMILES string of the molecule is CCC(C(=O)O)C(=O)c1cc(Br)ccc1F. The molecular weight excluding hydrogens is 279 g/mol. The highest BCUT2D eigenvalue weighted by Crippen LogP contribution is 2.20. The summed E-state index contributed by atoms with van der Waals surface area (Å²) < 4.78 is 13.9. The lowest BCUT2D eigenvalue weighted by atomic mass is 9.95. The number of carbonyl (C=O) groups excluding carboxylic acids is 1. The maximum absolute atomic E-state index is 13.3. The van der Waals surface area contributed by atoms with E-state index in [1.165, 1.54) is 12.1 Å². The summed E-state index contributed by atoms with van der Waals surface area (Å²) in [4.78, 5) is 22.5. The number of ketones is 1. The van der Waals surface area contributed by atoms with E-state index >= 15 is 0 Å². The van der Waals surface area contributed by atoms with Gasteiger partial charge in [-0.05, 0) is 24.6 Å². The molecule has 3 nitrogen and oxygen atoms in total. The largest absolute Gasteiger partial charge is 0.481 e. The summed E-state index contributed by atoms with van der Waals surface area (Å²) in [6, 6.07) is 3.88. The number of halogens is 2. The van der Waals surface area contributed by atoms with E-state index in [0.29, 0.717) is 4.47 Å². The summed E-state index contributed by atoms with van der Waals surface area (Å²) >= 11 is 3.11. The number of carboxylic acids is 1. The van der Waals surface area contributed by atoms with Crippen molar-refractivity contribution in [3.05, 3.63) is 34.1 Å². The van der Waals surface area contributed by atoms with Crippen LogP contribution in [-0.4, -0.2) is 16.9 Å². The van der Waals surface area contributed by atoms with Gasteiger partial charge in [0.1, 0.15) is 11.7 Å². The Morgan fingerprint density at radius 3 is 2.62 bits per heavy atom. The molecule has 0 aromatic heterocycles. The van der Waals surface area contributed by atoms with E-state index in [1.54, 1.807) is 6.92 Å². The van der Waals surface area contributed by atoms with Crippen LogP contribution >= 0.6 is 15.9 Å². The Kier molecular flexibility index (Phi) is 4.18. The first-order chi connectivity index (χ1) is 7.47. The second-order valence-electron chi connectivity index (χ2n) is 3.29. The first-order valence-corrected chi connectivity index (χ1v) is 5.48. The van der Waals surface area contributed by atoms with Crippen molar-refractivity contribution in [3.8, 4) is 0 Å². The molecule has 0 amide bonds. The zero-order valence-electron chi connectivity index (χ0n) is 8.54. The van der Waals surface area contributed by atoms with E-state index in [1.807, 2.05) is 0 Å². The lowest BCUT2D eigenvalue weighted by Crippen LogP contribution is -2.24. The van der Waals surface area contributed by atoms with Gasteiger partial charge in [0.05, 0.1) is 5.56 Å². The van der Waals surface area contributed by atoms with Crippen LogP contribution in [0.3, 0.4) is 0 Å². The van der Waals surface area contributed by atoms with Crippen LogP contribution in [-0.2, 0) is 4.79 Å². The van der Waals surface area contributed by atoms with Crippen LogP contribution in [0.5, 0.6) is 0 Å². The number of rotatable bonds is 4. The van der Waals surface area contributed by atoms with E-state index in [9.17, 15) is 14.0 Å².